The number of rotatable bonds is 4. The summed E-state index contributed by atoms with van der Waals surface area (Å²) in [7, 11) is 0. The molecule has 5 nitrogen and oxygen atoms in total. The van der Waals surface area contributed by atoms with Gasteiger partial charge in [0.15, 0.2) is 0 Å². The number of esters is 1. The molecule has 32 heavy (non-hydrogen) atoms. The van der Waals surface area contributed by atoms with E-state index in [1.165, 1.54) is 5.57 Å². The third-order valence-electron chi connectivity index (χ3n) is 9.19. The Bertz CT molecular complexity index is 875. The minimum Gasteiger partial charge on any atom is -0.461 e. The summed E-state index contributed by atoms with van der Waals surface area (Å²) in [5, 5.41) is 22.7. The first-order valence-electron chi connectivity index (χ1n) is 12.4. The number of fused-ring (bicyclic) bond motifs is 2. The molecular weight excluding hydrogens is 402 g/mol. The molecule has 2 N–H and O–H groups in total. The van der Waals surface area contributed by atoms with Crippen LogP contribution in [-0.2, 0) is 16.0 Å². The van der Waals surface area contributed by atoms with E-state index in [0.717, 1.165) is 37.9 Å². The molecule has 1 saturated carbocycles. The maximum atomic E-state index is 12.9. The van der Waals surface area contributed by atoms with E-state index < -0.39 is 11.7 Å². The number of hydrogen-bond donors (Lipinski definition) is 2. The number of ether oxygens (including phenoxy) is 1. The zero-order valence-corrected chi connectivity index (χ0v) is 19.4. The maximum Gasteiger partial charge on any atom is 0.311 e. The summed E-state index contributed by atoms with van der Waals surface area (Å²) in [6.45, 7) is 6.57. The van der Waals surface area contributed by atoms with Crippen LogP contribution in [0.25, 0.3) is 0 Å². The van der Waals surface area contributed by atoms with Crippen molar-refractivity contribution in [3.63, 3.8) is 0 Å². The molecule has 5 heteroatoms. The Balaban J connectivity index is 1.26. The fourth-order valence-electron chi connectivity index (χ4n) is 6.86. The highest BCUT2D eigenvalue weighted by Gasteiger charge is 2.59. The van der Waals surface area contributed by atoms with Crippen LogP contribution < -0.4 is 0 Å². The van der Waals surface area contributed by atoms with Gasteiger partial charge < -0.3 is 19.8 Å². The van der Waals surface area contributed by atoms with Crippen molar-refractivity contribution in [2.24, 2.45) is 23.2 Å². The monoisotopic (exact) mass is 439 g/mol. The highest BCUT2D eigenvalue weighted by atomic mass is 16.6. The molecule has 0 amide bonds. The van der Waals surface area contributed by atoms with Crippen LogP contribution in [-0.4, -0.2) is 58.5 Å². The molecule has 2 aliphatic carbocycles. The molecule has 3 fully saturated rings. The number of aliphatic hydroxyl groups is 2. The number of piperidine rings is 1. The molecular formula is C27H37NO4. The molecule has 0 spiro atoms. The lowest BCUT2D eigenvalue weighted by atomic mass is 9.55. The first-order valence-corrected chi connectivity index (χ1v) is 12.4. The molecule has 0 bridgehead atoms. The van der Waals surface area contributed by atoms with E-state index in [9.17, 15) is 15.0 Å². The van der Waals surface area contributed by atoms with Crippen LogP contribution in [0.5, 0.6) is 0 Å². The number of aliphatic hydroxyl groups excluding tert-OH is 1. The summed E-state index contributed by atoms with van der Waals surface area (Å²) >= 11 is 0. The molecule has 2 saturated heterocycles. The molecule has 6 unspecified atom stereocenters. The van der Waals surface area contributed by atoms with E-state index >= 15 is 0 Å². The molecule has 5 rings (SSSR count). The third-order valence-corrected chi connectivity index (χ3v) is 9.19. The van der Waals surface area contributed by atoms with E-state index in [1.807, 2.05) is 18.2 Å². The van der Waals surface area contributed by atoms with E-state index in [0.29, 0.717) is 31.7 Å². The molecule has 0 radical (unpaired) electrons. The number of carbonyl (C=O) groups is 1. The summed E-state index contributed by atoms with van der Waals surface area (Å²) in [5.74, 6) is -0.185. The molecule has 0 aromatic heterocycles. The van der Waals surface area contributed by atoms with E-state index in [2.05, 4.69) is 37.0 Å². The standard InChI is InChI=1S/C27H37NO4/c1-18-7-6-10-20-15-22-23(24(29)26(18,20)2)21(25(30)32-22)17-28-13-11-27(31,12-14-28)16-19-8-4-3-5-9-19/h3-5,8-10,18,21-24,29,31H,6-7,11-17H2,1-2H3. The Hall–Kier alpha value is -1.69. The first-order chi connectivity index (χ1) is 15.3. The molecule has 1 aromatic rings. The molecule has 2 aliphatic heterocycles. The largest absolute Gasteiger partial charge is 0.461 e. The van der Waals surface area contributed by atoms with Crippen molar-refractivity contribution < 1.29 is 19.7 Å². The Morgan fingerprint density at radius 1 is 1.19 bits per heavy atom. The van der Waals surface area contributed by atoms with Crippen LogP contribution in [0.4, 0.5) is 0 Å². The number of hydrogen-bond acceptors (Lipinski definition) is 5. The lowest BCUT2D eigenvalue weighted by Crippen LogP contribution is -2.55. The van der Waals surface area contributed by atoms with Gasteiger partial charge in [-0.15, -0.1) is 0 Å². The second-order valence-corrected chi connectivity index (χ2v) is 11.0. The zero-order chi connectivity index (χ0) is 22.5. The van der Waals surface area contributed by atoms with Gasteiger partial charge in [-0.25, -0.2) is 0 Å². The molecule has 174 valence electrons. The van der Waals surface area contributed by atoms with Crippen LogP contribution in [0, 0.1) is 23.2 Å². The first kappa shape index (κ1) is 22.1. The number of carbonyl (C=O) groups excluding carboxylic acids is 1. The number of benzene rings is 1. The molecule has 4 aliphatic rings. The average molecular weight is 440 g/mol. The second kappa shape index (κ2) is 8.27. The highest BCUT2D eigenvalue weighted by molar-refractivity contribution is 5.76. The summed E-state index contributed by atoms with van der Waals surface area (Å²) < 4.78 is 5.82. The Labute approximate surface area is 191 Å². The number of nitrogens with zero attached hydrogens (tertiary/aromatic N) is 1. The SMILES string of the molecule is CC1CCC=C2CC3OC(=O)C(CN4CCC(O)(Cc5ccccc5)CC4)C3C(O)C21C. The maximum absolute atomic E-state index is 12.9. The molecule has 1 aromatic carbocycles. The van der Waals surface area contributed by atoms with Crippen LogP contribution in [0.1, 0.15) is 51.5 Å². The normalized spacial score (nSPS) is 39.1. The zero-order valence-electron chi connectivity index (χ0n) is 19.4. The summed E-state index contributed by atoms with van der Waals surface area (Å²) in [6, 6.07) is 10.2. The number of likely N-dealkylation sites (tertiary alicyclic amines) is 1. The Morgan fingerprint density at radius 2 is 1.91 bits per heavy atom. The van der Waals surface area contributed by atoms with Crippen molar-refractivity contribution in [1.29, 1.82) is 0 Å². The van der Waals surface area contributed by atoms with Crippen molar-refractivity contribution in [2.75, 3.05) is 19.6 Å². The topological polar surface area (TPSA) is 70.0 Å². The van der Waals surface area contributed by atoms with Crippen LogP contribution in [0.3, 0.4) is 0 Å². The van der Waals surface area contributed by atoms with Gasteiger partial charge in [-0.1, -0.05) is 55.8 Å². The smallest absolute Gasteiger partial charge is 0.311 e. The lowest BCUT2D eigenvalue weighted by Gasteiger charge is -2.52. The van der Waals surface area contributed by atoms with Gasteiger partial charge in [0.1, 0.15) is 6.10 Å². The quantitative estimate of drug-likeness (QED) is 0.556. The van der Waals surface area contributed by atoms with Crippen molar-refractivity contribution in [1.82, 2.24) is 4.90 Å². The van der Waals surface area contributed by atoms with Crippen LogP contribution in [0.2, 0.25) is 0 Å². The van der Waals surface area contributed by atoms with E-state index in [4.69, 9.17) is 4.74 Å². The summed E-state index contributed by atoms with van der Waals surface area (Å²) in [6.07, 6.45) is 6.48. The van der Waals surface area contributed by atoms with Crippen molar-refractivity contribution >= 4 is 5.97 Å². The highest BCUT2D eigenvalue weighted by Crippen LogP contribution is 2.56. The predicted molar refractivity (Wildman–Crippen MR) is 123 cm³/mol. The van der Waals surface area contributed by atoms with Gasteiger partial charge in [0.05, 0.1) is 17.6 Å². The lowest BCUT2D eigenvalue weighted by molar-refractivity contribution is -0.145. The van der Waals surface area contributed by atoms with Gasteiger partial charge in [0, 0.05) is 43.8 Å². The second-order valence-electron chi connectivity index (χ2n) is 11.0. The van der Waals surface area contributed by atoms with Gasteiger partial charge in [-0.05, 0) is 37.2 Å². The fraction of sp³-hybridized carbons (Fsp3) is 0.667. The fourth-order valence-corrected chi connectivity index (χ4v) is 6.86. The minimum atomic E-state index is -0.689. The van der Waals surface area contributed by atoms with Gasteiger partial charge >= 0.3 is 5.97 Å². The average Bonchev–Trinajstić information content (AvgIpc) is 3.08. The summed E-state index contributed by atoms with van der Waals surface area (Å²) in [4.78, 5) is 15.2. The minimum absolute atomic E-state index is 0.143. The van der Waals surface area contributed by atoms with Crippen molar-refractivity contribution in [2.45, 2.75) is 70.2 Å². The van der Waals surface area contributed by atoms with Gasteiger partial charge in [-0.3, -0.25) is 4.79 Å². The van der Waals surface area contributed by atoms with Gasteiger partial charge in [0.2, 0.25) is 0 Å². The van der Waals surface area contributed by atoms with Gasteiger partial charge in [0.25, 0.3) is 0 Å². The Kier molecular flexibility index (Phi) is 5.71. The third kappa shape index (κ3) is 3.72. The van der Waals surface area contributed by atoms with Crippen molar-refractivity contribution in [3.05, 3.63) is 47.5 Å². The van der Waals surface area contributed by atoms with Crippen molar-refractivity contribution in [3.8, 4) is 0 Å². The predicted octanol–water partition coefficient (Wildman–Crippen LogP) is 3.34. The summed E-state index contributed by atoms with van der Waals surface area (Å²) in [5.41, 5.74) is 1.49. The van der Waals surface area contributed by atoms with Gasteiger partial charge in [-0.2, -0.15) is 0 Å². The Morgan fingerprint density at radius 3 is 2.62 bits per heavy atom. The molecule has 2 heterocycles. The van der Waals surface area contributed by atoms with Crippen LogP contribution in [0.15, 0.2) is 42.0 Å². The van der Waals surface area contributed by atoms with E-state index in [1.54, 1.807) is 0 Å². The van der Waals surface area contributed by atoms with Crippen LogP contribution >= 0.6 is 0 Å². The number of allylic oxidation sites excluding steroid dienone is 1. The van der Waals surface area contributed by atoms with E-state index in [-0.39, 0.29) is 29.3 Å². The molecule has 6 atom stereocenters.